The summed E-state index contributed by atoms with van der Waals surface area (Å²) < 4.78 is 10.8. The third-order valence-electron chi connectivity index (χ3n) is 3.40. The van der Waals surface area contributed by atoms with Gasteiger partial charge in [-0.3, -0.25) is 14.9 Å². The first-order valence-corrected chi connectivity index (χ1v) is 8.31. The van der Waals surface area contributed by atoms with Gasteiger partial charge in [-0.1, -0.05) is 23.2 Å². The van der Waals surface area contributed by atoms with E-state index in [1.165, 1.54) is 23.1 Å². The van der Waals surface area contributed by atoms with Gasteiger partial charge in [0.15, 0.2) is 12.4 Å². The Hall–Kier alpha value is -2.51. The minimum Gasteiger partial charge on any atom is -0.492 e. The van der Waals surface area contributed by atoms with Crippen molar-refractivity contribution in [3.63, 3.8) is 0 Å². The Morgan fingerprint density at radius 3 is 2.42 bits per heavy atom. The van der Waals surface area contributed by atoms with Gasteiger partial charge in [0.2, 0.25) is 0 Å². The van der Waals surface area contributed by atoms with Gasteiger partial charge < -0.3 is 14.4 Å². The number of likely N-dealkylation sites (N-methyl/N-ethyl adjacent to an activating group) is 1. The highest BCUT2D eigenvalue weighted by Crippen LogP contribution is 2.29. The molecule has 0 saturated heterocycles. The van der Waals surface area contributed by atoms with Crippen molar-refractivity contribution < 1.29 is 19.2 Å². The van der Waals surface area contributed by atoms with Crippen LogP contribution in [0.3, 0.4) is 0 Å². The number of carbonyl (C=O) groups is 1. The maximum atomic E-state index is 12.1. The zero-order chi connectivity index (χ0) is 19.1. The van der Waals surface area contributed by atoms with Crippen molar-refractivity contribution in [3.8, 4) is 11.5 Å². The molecule has 2 aromatic rings. The van der Waals surface area contributed by atoms with E-state index < -0.39 is 4.92 Å². The number of nitro groups is 1. The average Bonchev–Trinajstić information content (AvgIpc) is 2.61. The highest BCUT2D eigenvalue weighted by atomic mass is 35.5. The van der Waals surface area contributed by atoms with Crippen LogP contribution in [0.4, 0.5) is 5.69 Å². The van der Waals surface area contributed by atoms with E-state index in [0.717, 1.165) is 0 Å². The van der Waals surface area contributed by atoms with Crippen molar-refractivity contribution in [1.29, 1.82) is 0 Å². The highest BCUT2D eigenvalue weighted by Gasteiger charge is 2.18. The first-order valence-electron chi connectivity index (χ1n) is 7.56. The number of hydrogen-bond acceptors (Lipinski definition) is 5. The number of rotatable bonds is 8. The van der Waals surface area contributed by atoms with Crippen molar-refractivity contribution in [2.75, 3.05) is 26.8 Å². The summed E-state index contributed by atoms with van der Waals surface area (Å²) in [6.07, 6.45) is 0. The fraction of sp³-hybridized carbons (Fsp3) is 0.235. The molecule has 0 aliphatic carbocycles. The van der Waals surface area contributed by atoms with Crippen molar-refractivity contribution in [2.24, 2.45) is 0 Å². The maximum absolute atomic E-state index is 12.1. The molecule has 0 aliphatic heterocycles. The summed E-state index contributed by atoms with van der Waals surface area (Å²) in [4.78, 5) is 23.9. The van der Waals surface area contributed by atoms with Crippen molar-refractivity contribution in [2.45, 2.75) is 0 Å². The fourth-order valence-electron chi connectivity index (χ4n) is 1.96. The lowest BCUT2D eigenvalue weighted by atomic mass is 10.3. The molecule has 7 nitrogen and oxygen atoms in total. The van der Waals surface area contributed by atoms with Gasteiger partial charge in [0.1, 0.15) is 12.4 Å². The third-order valence-corrected chi connectivity index (χ3v) is 3.89. The van der Waals surface area contributed by atoms with Gasteiger partial charge in [-0.05, 0) is 36.4 Å². The van der Waals surface area contributed by atoms with E-state index in [-0.39, 0.29) is 35.6 Å². The van der Waals surface area contributed by atoms with Crippen molar-refractivity contribution in [1.82, 2.24) is 4.90 Å². The molecule has 2 rings (SSSR count). The van der Waals surface area contributed by atoms with E-state index in [4.69, 9.17) is 32.7 Å². The summed E-state index contributed by atoms with van der Waals surface area (Å²) in [7, 11) is 1.59. The smallest absolute Gasteiger partial charge is 0.312 e. The number of nitro benzene ring substituents is 1. The molecule has 0 heterocycles. The van der Waals surface area contributed by atoms with Crippen LogP contribution in [0.1, 0.15) is 0 Å². The quantitative estimate of drug-likeness (QED) is 0.498. The summed E-state index contributed by atoms with van der Waals surface area (Å²) in [5.41, 5.74) is -0.293. The van der Waals surface area contributed by atoms with Gasteiger partial charge in [0.25, 0.3) is 5.91 Å². The molecule has 138 valence electrons. The Labute approximate surface area is 160 Å². The monoisotopic (exact) mass is 398 g/mol. The fourth-order valence-corrected chi connectivity index (χ4v) is 2.25. The molecule has 0 N–H and O–H groups in total. The van der Waals surface area contributed by atoms with Crippen LogP contribution in [0.25, 0.3) is 0 Å². The van der Waals surface area contributed by atoms with E-state index in [9.17, 15) is 14.9 Å². The van der Waals surface area contributed by atoms with Crippen molar-refractivity contribution in [3.05, 3.63) is 62.6 Å². The molecular weight excluding hydrogens is 383 g/mol. The molecule has 9 heteroatoms. The molecule has 0 fully saturated rings. The van der Waals surface area contributed by atoms with E-state index in [1.807, 2.05) is 0 Å². The molecule has 1 amide bonds. The third kappa shape index (κ3) is 5.79. The van der Waals surface area contributed by atoms with Crippen LogP contribution >= 0.6 is 23.2 Å². The number of hydrogen-bond donors (Lipinski definition) is 0. The number of nitrogens with zero attached hydrogens (tertiary/aromatic N) is 2. The average molecular weight is 399 g/mol. The zero-order valence-electron chi connectivity index (χ0n) is 13.9. The molecular formula is C17H16Cl2N2O5. The lowest BCUT2D eigenvalue weighted by Crippen LogP contribution is -2.34. The van der Waals surface area contributed by atoms with Crippen molar-refractivity contribution >= 4 is 34.8 Å². The number of carbonyl (C=O) groups excluding carboxylic acids is 1. The largest absolute Gasteiger partial charge is 0.492 e. The molecule has 2 aromatic carbocycles. The molecule has 0 saturated carbocycles. The first kappa shape index (κ1) is 19.8. The van der Waals surface area contributed by atoms with Gasteiger partial charge in [0.05, 0.1) is 11.5 Å². The van der Waals surface area contributed by atoms with Crippen LogP contribution in [0, 0.1) is 10.1 Å². The Bertz CT molecular complexity index is 783. The van der Waals surface area contributed by atoms with Gasteiger partial charge in [-0.25, -0.2) is 0 Å². The second-order valence-electron chi connectivity index (χ2n) is 5.28. The SMILES string of the molecule is CN(CCOc1ccc(Cl)cc1)C(=O)COc1ccc(Cl)cc1[N+](=O)[O-]. The minimum absolute atomic E-state index is 0.0152. The predicted octanol–water partition coefficient (Wildman–Crippen LogP) is 3.82. The van der Waals surface area contributed by atoms with Crippen LogP contribution in [0.2, 0.25) is 10.0 Å². The van der Waals surface area contributed by atoms with Crippen LogP contribution in [0.5, 0.6) is 11.5 Å². The van der Waals surface area contributed by atoms with E-state index in [2.05, 4.69) is 0 Å². The first-order chi connectivity index (χ1) is 12.4. The standard InChI is InChI=1S/C17H16Cl2N2O5/c1-20(8-9-25-14-5-2-12(18)3-6-14)17(22)11-26-16-7-4-13(19)10-15(16)21(23)24/h2-7,10H,8-9,11H2,1H3. The van der Waals surface area contributed by atoms with Crippen LogP contribution in [-0.4, -0.2) is 42.5 Å². The number of benzene rings is 2. The molecule has 0 spiro atoms. The Morgan fingerprint density at radius 2 is 1.77 bits per heavy atom. The van der Waals surface area contributed by atoms with E-state index in [0.29, 0.717) is 17.3 Å². The maximum Gasteiger partial charge on any atom is 0.312 e. The van der Waals surface area contributed by atoms with E-state index in [1.54, 1.807) is 31.3 Å². The Balaban J connectivity index is 1.82. The molecule has 26 heavy (non-hydrogen) atoms. The molecule has 0 bridgehead atoms. The van der Waals surface area contributed by atoms with Gasteiger partial charge in [-0.15, -0.1) is 0 Å². The van der Waals surface area contributed by atoms with Crippen LogP contribution in [-0.2, 0) is 4.79 Å². The number of amides is 1. The highest BCUT2D eigenvalue weighted by molar-refractivity contribution is 6.31. The van der Waals surface area contributed by atoms with Crippen LogP contribution in [0.15, 0.2) is 42.5 Å². The molecule has 0 atom stereocenters. The molecule has 0 aromatic heterocycles. The summed E-state index contributed by atoms with van der Waals surface area (Å²) in [5, 5.41) is 11.8. The van der Waals surface area contributed by atoms with Crippen LogP contribution < -0.4 is 9.47 Å². The zero-order valence-corrected chi connectivity index (χ0v) is 15.4. The normalized spacial score (nSPS) is 10.3. The number of ether oxygens (including phenoxy) is 2. The summed E-state index contributed by atoms with van der Waals surface area (Å²) >= 11 is 11.5. The number of halogens is 2. The lowest BCUT2D eigenvalue weighted by molar-refractivity contribution is -0.385. The summed E-state index contributed by atoms with van der Waals surface area (Å²) in [6.45, 7) is 0.276. The molecule has 0 unspecified atom stereocenters. The van der Waals surface area contributed by atoms with Gasteiger partial charge in [0, 0.05) is 23.2 Å². The minimum atomic E-state index is -0.616. The Morgan fingerprint density at radius 1 is 1.12 bits per heavy atom. The Kier molecular flexibility index (Phi) is 7.06. The lowest BCUT2D eigenvalue weighted by Gasteiger charge is -2.17. The second-order valence-corrected chi connectivity index (χ2v) is 6.15. The van der Waals surface area contributed by atoms with Gasteiger partial charge >= 0.3 is 5.69 Å². The predicted molar refractivity (Wildman–Crippen MR) is 98.2 cm³/mol. The van der Waals surface area contributed by atoms with Gasteiger partial charge in [-0.2, -0.15) is 0 Å². The molecule has 0 aliphatic rings. The summed E-state index contributed by atoms with van der Waals surface area (Å²) in [5.74, 6) is 0.288. The summed E-state index contributed by atoms with van der Waals surface area (Å²) in [6, 6.07) is 10.9. The second kappa shape index (κ2) is 9.26. The topological polar surface area (TPSA) is 81.9 Å². The molecule has 0 radical (unpaired) electrons. The van der Waals surface area contributed by atoms with E-state index >= 15 is 0 Å².